The molecule has 1 aliphatic rings. The predicted molar refractivity (Wildman–Crippen MR) is 85.5 cm³/mol. The van der Waals surface area contributed by atoms with Gasteiger partial charge in [-0.15, -0.1) is 11.3 Å². The average Bonchev–Trinajstić information content (AvgIpc) is 2.94. The third kappa shape index (κ3) is 3.00. The van der Waals surface area contributed by atoms with Crippen LogP contribution in [0.15, 0.2) is 11.4 Å². The number of carbonyl (C=O) groups excluding carboxylic acids is 1. The zero-order chi connectivity index (χ0) is 14.8. The van der Waals surface area contributed by atoms with E-state index in [1.165, 1.54) is 0 Å². The van der Waals surface area contributed by atoms with E-state index in [0.717, 1.165) is 54.2 Å². The maximum atomic E-state index is 11.2. The largest absolute Gasteiger partial charge is 0.370 e. The van der Waals surface area contributed by atoms with E-state index in [1.54, 1.807) is 11.3 Å². The van der Waals surface area contributed by atoms with Crippen molar-refractivity contribution in [3.63, 3.8) is 0 Å². The van der Waals surface area contributed by atoms with Crippen molar-refractivity contribution in [2.45, 2.75) is 32.6 Å². The van der Waals surface area contributed by atoms with Crippen LogP contribution in [-0.2, 0) is 11.2 Å². The number of hydrogen-bond acceptors (Lipinski definition) is 5. The number of amides is 1. The molecule has 0 aromatic carbocycles. The number of rotatable bonds is 4. The Morgan fingerprint density at radius 1 is 1.52 bits per heavy atom. The first-order chi connectivity index (χ1) is 10.2. The summed E-state index contributed by atoms with van der Waals surface area (Å²) in [7, 11) is 0. The van der Waals surface area contributed by atoms with Crippen LogP contribution in [0.2, 0.25) is 0 Å². The van der Waals surface area contributed by atoms with Gasteiger partial charge in [0.25, 0.3) is 0 Å². The number of nitrogens with zero attached hydrogens (tertiary/aromatic N) is 3. The summed E-state index contributed by atoms with van der Waals surface area (Å²) in [4.78, 5) is 23.8. The molecule has 1 amide bonds. The van der Waals surface area contributed by atoms with Gasteiger partial charge in [-0.2, -0.15) is 0 Å². The van der Waals surface area contributed by atoms with Crippen LogP contribution in [0.25, 0.3) is 10.2 Å². The van der Waals surface area contributed by atoms with Crippen LogP contribution in [0, 0.1) is 5.92 Å². The molecule has 2 N–H and O–H groups in total. The molecule has 3 rings (SSSR count). The zero-order valence-corrected chi connectivity index (χ0v) is 13.0. The number of primary amides is 1. The Hall–Kier alpha value is -1.69. The van der Waals surface area contributed by atoms with E-state index in [-0.39, 0.29) is 5.91 Å². The highest BCUT2D eigenvalue weighted by Gasteiger charge is 2.24. The van der Waals surface area contributed by atoms with E-state index in [4.69, 9.17) is 10.7 Å². The van der Waals surface area contributed by atoms with Gasteiger partial charge in [-0.05, 0) is 30.2 Å². The molecule has 6 heteroatoms. The van der Waals surface area contributed by atoms with Crippen molar-refractivity contribution in [2.75, 3.05) is 18.0 Å². The predicted octanol–water partition coefficient (Wildman–Crippen LogP) is 2.35. The molecule has 1 atom stereocenters. The van der Waals surface area contributed by atoms with Crippen molar-refractivity contribution in [3.05, 3.63) is 17.3 Å². The fraction of sp³-hybridized carbons (Fsp3) is 0.533. The van der Waals surface area contributed by atoms with Crippen LogP contribution in [0.4, 0.5) is 5.82 Å². The molecule has 21 heavy (non-hydrogen) atoms. The molecular weight excluding hydrogens is 284 g/mol. The van der Waals surface area contributed by atoms with E-state index in [2.05, 4.69) is 28.3 Å². The van der Waals surface area contributed by atoms with Gasteiger partial charge in [0, 0.05) is 25.9 Å². The molecular formula is C15H20N4OS. The first-order valence-corrected chi connectivity index (χ1v) is 8.32. The van der Waals surface area contributed by atoms with Crippen molar-refractivity contribution in [1.29, 1.82) is 0 Å². The molecule has 5 nitrogen and oxygen atoms in total. The number of aromatic nitrogens is 2. The van der Waals surface area contributed by atoms with Crippen LogP contribution in [0.3, 0.4) is 0 Å². The summed E-state index contributed by atoms with van der Waals surface area (Å²) in [5.41, 5.74) is 5.35. The maximum absolute atomic E-state index is 11.2. The molecule has 0 saturated carbocycles. The fourth-order valence-corrected chi connectivity index (χ4v) is 3.77. The lowest BCUT2D eigenvalue weighted by Crippen LogP contribution is -2.37. The van der Waals surface area contributed by atoms with Crippen molar-refractivity contribution >= 4 is 33.3 Å². The van der Waals surface area contributed by atoms with Crippen molar-refractivity contribution in [2.24, 2.45) is 11.7 Å². The Morgan fingerprint density at radius 2 is 2.38 bits per heavy atom. The number of fused-ring (bicyclic) bond motifs is 1. The molecule has 2 aromatic rings. The molecule has 112 valence electrons. The van der Waals surface area contributed by atoms with E-state index in [9.17, 15) is 4.79 Å². The van der Waals surface area contributed by atoms with Gasteiger partial charge in [-0.1, -0.05) is 6.92 Å². The Bertz CT molecular complexity index is 654. The van der Waals surface area contributed by atoms with Crippen molar-refractivity contribution in [1.82, 2.24) is 9.97 Å². The summed E-state index contributed by atoms with van der Waals surface area (Å²) in [5, 5.41) is 3.18. The second-order valence-corrected chi connectivity index (χ2v) is 6.48. The van der Waals surface area contributed by atoms with Gasteiger partial charge >= 0.3 is 0 Å². The topological polar surface area (TPSA) is 72.1 Å². The Morgan fingerprint density at radius 3 is 3.14 bits per heavy atom. The van der Waals surface area contributed by atoms with Gasteiger partial charge in [0.05, 0.1) is 5.39 Å². The number of anilines is 1. The summed E-state index contributed by atoms with van der Waals surface area (Å²) in [6.45, 7) is 3.92. The monoisotopic (exact) mass is 304 g/mol. The number of piperidine rings is 1. The van der Waals surface area contributed by atoms with E-state index < -0.39 is 0 Å². The molecule has 1 saturated heterocycles. The second kappa shape index (κ2) is 5.97. The molecule has 1 unspecified atom stereocenters. The molecule has 1 aliphatic heterocycles. The van der Waals surface area contributed by atoms with Gasteiger partial charge in [-0.3, -0.25) is 4.79 Å². The third-order valence-electron chi connectivity index (χ3n) is 3.98. The minimum Gasteiger partial charge on any atom is -0.370 e. The van der Waals surface area contributed by atoms with Crippen LogP contribution >= 0.6 is 11.3 Å². The first kappa shape index (κ1) is 14.3. The van der Waals surface area contributed by atoms with E-state index in [1.807, 2.05) is 0 Å². The molecule has 0 bridgehead atoms. The maximum Gasteiger partial charge on any atom is 0.217 e. The van der Waals surface area contributed by atoms with Crippen LogP contribution in [0.5, 0.6) is 0 Å². The smallest absolute Gasteiger partial charge is 0.217 e. The summed E-state index contributed by atoms with van der Waals surface area (Å²) >= 11 is 1.65. The molecule has 0 radical (unpaired) electrons. The number of carbonyl (C=O) groups is 1. The molecule has 0 aliphatic carbocycles. The Kier molecular flexibility index (Phi) is 4.05. The molecule has 3 heterocycles. The third-order valence-corrected chi connectivity index (χ3v) is 4.78. The zero-order valence-electron chi connectivity index (χ0n) is 12.2. The van der Waals surface area contributed by atoms with Gasteiger partial charge in [0.15, 0.2) is 0 Å². The Balaban J connectivity index is 1.91. The molecule has 0 spiro atoms. The Labute approximate surface area is 128 Å². The number of hydrogen-bond donors (Lipinski definition) is 1. The quantitative estimate of drug-likeness (QED) is 0.941. The average molecular weight is 304 g/mol. The van der Waals surface area contributed by atoms with Crippen LogP contribution in [0.1, 0.15) is 32.0 Å². The molecule has 2 aromatic heterocycles. The van der Waals surface area contributed by atoms with Crippen LogP contribution in [-0.4, -0.2) is 29.0 Å². The lowest BCUT2D eigenvalue weighted by molar-refractivity contribution is -0.118. The minimum absolute atomic E-state index is 0.209. The van der Waals surface area contributed by atoms with E-state index >= 15 is 0 Å². The number of aryl methyl sites for hydroxylation is 1. The lowest BCUT2D eigenvalue weighted by Gasteiger charge is -2.33. The van der Waals surface area contributed by atoms with Gasteiger partial charge in [0.1, 0.15) is 16.5 Å². The number of thiophene rings is 1. The van der Waals surface area contributed by atoms with Crippen molar-refractivity contribution < 1.29 is 4.79 Å². The summed E-state index contributed by atoms with van der Waals surface area (Å²) in [6, 6.07) is 2.09. The highest BCUT2D eigenvalue weighted by molar-refractivity contribution is 7.16. The normalized spacial score (nSPS) is 19.1. The van der Waals surface area contributed by atoms with E-state index in [0.29, 0.717) is 12.3 Å². The number of nitrogens with two attached hydrogens (primary N) is 1. The lowest BCUT2D eigenvalue weighted by atomic mass is 9.94. The first-order valence-electron chi connectivity index (χ1n) is 7.44. The summed E-state index contributed by atoms with van der Waals surface area (Å²) in [5.74, 6) is 2.04. The molecule has 1 fully saturated rings. The fourth-order valence-electron chi connectivity index (χ4n) is 2.99. The van der Waals surface area contributed by atoms with Gasteiger partial charge < -0.3 is 10.6 Å². The minimum atomic E-state index is -0.209. The second-order valence-electron chi connectivity index (χ2n) is 5.58. The standard InChI is InChI=1S/C15H20N4OS/c1-2-13-17-14(11-5-7-21-15(11)18-13)19-6-3-4-10(9-19)8-12(16)20/h5,7,10H,2-4,6,8-9H2,1H3,(H2,16,20). The van der Waals surface area contributed by atoms with Crippen molar-refractivity contribution in [3.8, 4) is 0 Å². The van der Waals surface area contributed by atoms with Gasteiger partial charge in [-0.25, -0.2) is 9.97 Å². The summed E-state index contributed by atoms with van der Waals surface area (Å²) in [6.07, 6.45) is 3.45. The van der Waals surface area contributed by atoms with Crippen LogP contribution < -0.4 is 10.6 Å². The highest BCUT2D eigenvalue weighted by atomic mass is 32.1. The SMILES string of the molecule is CCc1nc(N2CCCC(CC(N)=O)C2)c2ccsc2n1. The van der Waals surface area contributed by atoms with Gasteiger partial charge in [0.2, 0.25) is 5.91 Å². The highest BCUT2D eigenvalue weighted by Crippen LogP contribution is 2.31. The summed E-state index contributed by atoms with van der Waals surface area (Å²) < 4.78 is 0.